The van der Waals surface area contributed by atoms with E-state index in [1.165, 1.54) is 19.4 Å². The largest absolute Gasteiger partial charge is 0.357 e. The number of nitrogens with two attached hydrogens (primary N) is 1. The Morgan fingerprint density at radius 3 is 3.05 bits per heavy atom. The van der Waals surface area contributed by atoms with Crippen LogP contribution in [0.15, 0.2) is 12.3 Å². The Balaban J connectivity index is 2.09. The Morgan fingerprint density at radius 2 is 2.37 bits per heavy atom. The summed E-state index contributed by atoms with van der Waals surface area (Å²) in [5, 5.41) is 0.688. The van der Waals surface area contributed by atoms with E-state index >= 15 is 0 Å². The Morgan fingerprint density at radius 1 is 1.58 bits per heavy atom. The van der Waals surface area contributed by atoms with E-state index in [9.17, 15) is 0 Å². The van der Waals surface area contributed by atoms with Gasteiger partial charge in [0.1, 0.15) is 5.82 Å². The molecule has 0 spiro atoms. The van der Waals surface area contributed by atoms with Crippen molar-refractivity contribution in [2.24, 2.45) is 5.73 Å². The van der Waals surface area contributed by atoms with Crippen LogP contribution < -0.4 is 10.6 Å². The van der Waals surface area contributed by atoms with Crippen molar-refractivity contribution in [1.29, 1.82) is 0 Å². The maximum absolute atomic E-state index is 6.36. The number of anilines is 1. The third-order valence-corrected chi connectivity index (χ3v) is 4.33. The maximum Gasteiger partial charge on any atom is 0.147 e. The summed E-state index contributed by atoms with van der Waals surface area (Å²) in [6.45, 7) is 5.96. The second-order valence-electron chi connectivity index (χ2n) is 5.12. The number of likely N-dealkylation sites (tertiary alicyclic amines) is 1. The highest BCUT2D eigenvalue weighted by Crippen LogP contribution is 2.27. The zero-order chi connectivity index (χ0) is 13.8. The smallest absolute Gasteiger partial charge is 0.147 e. The van der Waals surface area contributed by atoms with Crippen LogP contribution in [0.5, 0.6) is 0 Å². The van der Waals surface area contributed by atoms with E-state index in [-0.39, 0.29) is 0 Å². The summed E-state index contributed by atoms with van der Waals surface area (Å²) >= 11 is 6.36. The van der Waals surface area contributed by atoms with E-state index in [1.54, 1.807) is 6.20 Å². The molecule has 2 heterocycles. The van der Waals surface area contributed by atoms with Gasteiger partial charge in [0.15, 0.2) is 0 Å². The van der Waals surface area contributed by atoms with Crippen LogP contribution in [0.25, 0.3) is 0 Å². The summed E-state index contributed by atoms with van der Waals surface area (Å²) < 4.78 is 0. The van der Waals surface area contributed by atoms with E-state index < -0.39 is 0 Å². The average molecular weight is 283 g/mol. The van der Waals surface area contributed by atoms with E-state index in [1.807, 2.05) is 6.07 Å². The number of nitrogens with zero attached hydrogens (tertiary/aromatic N) is 3. The molecule has 0 radical (unpaired) electrons. The Bertz CT molecular complexity index is 424. The van der Waals surface area contributed by atoms with Gasteiger partial charge in [-0.05, 0) is 37.6 Å². The second-order valence-corrected chi connectivity index (χ2v) is 5.49. The first kappa shape index (κ1) is 14.6. The predicted molar refractivity (Wildman–Crippen MR) is 80.7 cm³/mol. The lowest BCUT2D eigenvalue weighted by atomic mass is 10.2. The Hall–Kier alpha value is -0.840. The van der Waals surface area contributed by atoms with Gasteiger partial charge in [0, 0.05) is 32.4 Å². The van der Waals surface area contributed by atoms with Crippen molar-refractivity contribution in [1.82, 2.24) is 9.88 Å². The van der Waals surface area contributed by atoms with Crippen molar-refractivity contribution < 1.29 is 0 Å². The number of pyridine rings is 1. The summed E-state index contributed by atoms with van der Waals surface area (Å²) in [7, 11) is 2.06. The van der Waals surface area contributed by atoms with Gasteiger partial charge in [-0.15, -0.1) is 0 Å². The van der Waals surface area contributed by atoms with Crippen LogP contribution in [0.1, 0.15) is 25.3 Å². The van der Waals surface area contributed by atoms with Gasteiger partial charge in [0.25, 0.3) is 0 Å². The molecule has 106 valence electrons. The molecule has 1 aliphatic heterocycles. The molecule has 1 aromatic heterocycles. The molecular weight excluding hydrogens is 260 g/mol. The fraction of sp³-hybridized carbons (Fsp3) is 0.643. The van der Waals surface area contributed by atoms with Crippen LogP contribution in [0.2, 0.25) is 5.02 Å². The van der Waals surface area contributed by atoms with Crippen molar-refractivity contribution in [3.05, 3.63) is 22.8 Å². The van der Waals surface area contributed by atoms with Gasteiger partial charge < -0.3 is 10.6 Å². The quantitative estimate of drug-likeness (QED) is 0.898. The standard InChI is InChI=1S/C14H23ClN4/c1-3-19-8-4-5-12(19)10-18(2)14-13(15)11(9-16)6-7-17-14/h6-7,12H,3-5,8-10,16H2,1-2H3. The normalized spacial score (nSPS) is 19.9. The lowest BCUT2D eigenvalue weighted by molar-refractivity contribution is 0.270. The minimum atomic E-state index is 0.451. The highest BCUT2D eigenvalue weighted by molar-refractivity contribution is 6.33. The number of aromatic nitrogens is 1. The van der Waals surface area contributed by atoms with Gasteiger partial charge in [-0.25, -0.2) is 4.98 Å². The fourth-order valence-electron chi connectivity index (χ4n) is 2.82. The number of hydrogen-bond donors (Lipinski definition) is 1. The highest BCUT2D eigenvalue weighted by Gasteiger charge is 2.25. The maximum atomic E-state index is 6.36. The lowest BCUT2D eigenvalue weighted by Crippen LogP contribution is -2.39. The Labute approximate surface area is 120 Å². The van der Waals surface area contributed by atoms with Crippen molar-refractivity contribution in [2.75, 3.05) is 31.6 Å². The number of likely N-dealkylation sites (N-methyl/N-ethyl adjacent to an activating group) is 2. The minimum Gasteiger partial charge on any atom is -0.357 e. The minimum absolute atomic E-state index is 0.451. The Kier molecular flexibility index (Phi) is 5.02. The third kappa shape index (κ3) is 3.19. The first-order valence-electron chi connectivity index (χ1n) is 6.96. The number of hydrogen-bond acceptors (Lipinski definition) is 4. The van der Waals surface area contributed by atoms with E-state index in [2.05, 4.69) is 28.8 Å². The summed E-state index contributed by atoms with van der Waals surface area (Å²) in [6.07, 6.45) is 4.33. The molecule has 0 amide bonds. The summed E-state index contributed by atoms with van der Waals surface area (Å²) in [4.78, 5) is 9.08. The van der Waals surface area contributed by atoms with Gasteiger partial charge >= 0.3 is 0 Å². The lowest BCUT2D eigenvalue weighted by Gasteiger charge is -2.29. The molecule has 1 aliphatic rings. The molecule has 2 rings (SSSR count). The van der Waals surface area contributed by atoms with Gasteiger partial charge in [-0.2, -0.15) is 0 Å². The molecule has 4 nitrogen and oxygen atoms in total. The summed E-state index contributed by atoms with van der Waals surface area (Å²) in [5.41, 5.74) is 6.64. The number of rotatable bonds is 5. The molecule has 5 heteroatoms. The molecule has 2 N–H and O–H groups in total. The molecular formula is C14H23ClN4. The molecule has 19 heavy (non-hydrogen) atoms. The van der Waals surface area contributed by atoms with Gasteiger partial charge in [-0.3, -0.25) is 4.90 Å². The van der Waals surface area contributed by atoms with E-state index in [4.69, 9.17) is 17.3 Å². The molecule has 0 aromatic carbocycles. The van der Waals surface area contributed by atoms with Crippen molar-refractivity contribution in [2.45, 2.75) is 32.4 Å². The van der Waals surface area contributed by atoms with Crippen LogP contribution in [-0.4, -0.2) is 42.6 Å². The number of halogens is 1. The monoisotopic (exact) mass is 282 g/mol. The topological polar surface area (TPSA) is 45.4 Å². The average Bonchev–Trinajstić information content (AvgIpc) is 2.86. The molecule has 1 aromatic rings. The molecule has 0 bridgehead atoms. The van der Waals surface area contributed by atoms with Crippen LogP contribution in [0, 0.1) is 0 Å². The van der Waals surface area contributed by atoms with E-state index in [0.29, 0.717) is 17.6 Å². The van der Waals surface area contributed by atoms with Crippen LogP contribution in [0.4, 0.5) is 5.82 Å². The van der Waals surface area contributed by atoms with Gasteiger partial charge in [-0.1, -0.05) is 18.5 Å². The van der Waals surface area contributed by atoms with E-state index in [0.717, 1.165) is 24.5 Å². The first-order chi connectivity index (χ1) is 9.17. The summed E-state index contributed by atoms with van der Waals surface area (Å²) in [6, 6.07) is 2.49. The molecule has 1 fully saturated rings. The summed E-state index contributed by atoms with van der Waals surface area (Å²) in [5.74, 6) is 0.840. The predicted octanol–water partition coefficient (Wildman–Crippen LogP) is 2.11. The third-order valence-electron chi connectivity index (χ3n) is 3.92. The SMILES string of the molecule is CCN1CCCC1CN(C)c1nccc(CN)c1Cl. The zero-order valence-electron chi connectivity index (χ0n) is 11.8. The molecule has 1 unspecified atom stereocenters. The second kappa shape index (κ2) is 6.55. The molecule has 0 aliphatic carbocycles. The van der Waals surface area contributed by atoms with Gasteiger partial charge in [0.05, 0.1) is 5.02 Å². The van der Waals surface area contributed by atoms with Crippen LogP contribution in [-0.2, 0) is 6.54 Å². The molecule has 1 saturated heterocycles. The molecule has 1 atom stereocenters. The van der Waals surface area contributed by atoms with Crippen molar-refractivity contribution in [3.8, 4) is 0 Å². The highest BCUT2D eigenvalue weighted by atomic mass is 35.5. The zero-order valence-corrected chi connectivity index (χ0v) is 12.5. The van der Waals surface area contributed by atoms with Crippen molar-refractivity contribution in [3.63, 3.8) is 0 Å². The van der Waals surface area contributed by atoms with Crippen LogP contribution in [0.3, 0.4) is 0 Å². The van der Waals surface area contributed by atoms with Gasteiger partial charge in [0.2, 0.25) is 0 Å². The van der Waals surface area contributed by atoms with Crippen LogP contribution >= 0.6 is 11.6 Å². The van der Waals surface area contributed by atoms with Crippen molar-refractivity contribution >= 4 is 17.4 Å². The fourth-order valence-corrected chi connectivity index (χ4v) is 3.15. The first-order valence-corrected chi connectivity index (χ1v) is 7.33. The molecule has 0 saturated carbocycles.